The molecule has 3 nitrogen and oxygen atoms in total. The maximum atomic E-state index is 5.79. The molecule has 3 fully saturated rings. The van der Waals surface area contributed by atoms with E-state index in [4.69, 9.17) is 14.2 Å². The SMILES string of the molecule is CC12COC(CCCCCCCCCCI)(OC1)OC2. The molecule has 3 saturated heterocycles. The lowest BCUT2D eigenvalue weighted by atomic mass is 9.91. The first kappa shape index (κ1) is 17.0. The van der Waals surface area contributed by atoms with Crippen LogP contribution in [-0.2, 0) is 14.2 Å². The Morgan fingerprint density at radius 2 is 1.20 bits per heavy atom. The van der Waals surface area contributed by atoms with Crippen LogP contribution in [0, 0.1) is 5.41 Å². The van der Waals surface area contributed by atoms with Crippen molar-refractivity contribution in [1.82, 2.24) is 0 Å². The third kappa shape index (κ3) is 5.11. The van der Waals surface area contributed by atoms with Gasteiger partial charge in [-0.3, -0.25) is 0 Å². The summed E-state index contributed by atoms with van der Waals surface area (Å²) in [7, 11) is 0. The van der Waals surface area contributed by atoms with E-state index < -0.39 is 5.97 Å². The van der Waals surface area contributed by atoms with Crippen molar-refractivity contribution in [1.29, 1.82) is 0 Å². The molecule has 0 aliphatic carbocycles. The maximum absolute atomic E-state index is 5.79. The molecule has 0 unspecified atom stereocenters. The van der Waals surface area contributed by atoms with Crippen LogP contribution in [0.15, 0.2) is 0 Å². The molecule has 3 rings (SSSR count). The number of ether oxygens (including phenoxy) is 3. The third-order valence-corrected chi connectivity index (χ3v) is 5.05. The lowest BCUT2D eigenvalue weighted by Gasteiger charge is -2.50. The van der Waals surface area contributed by atoms with E-state index in [0.29, 0.717) is 0 Å². The van der Waals surface area contributed by atoms with Crippen LogP contribution >= 0.6 is 22.6 Å². The van der Waals surface area contributed by atoms with Crippen LogP contribution < -0.4 is 0 Å². The molecule has 0 atom stereocenters. The van der Waals surface area contributed by atoms with E-state index in [0.717, 1.165) is 32.7 Å². The molecule has 20 heavy (non-hydrogen) atoms. The van der Waals surface area contributed by atoms with E-state index in [1.54, 1.807) is 0 Å². The normalized spacial score (nSPS) is 32.7. The largest absolute Gasteiger partial charge is 0.327 e. The lowest BCUT2D eigenvalue weighted by Crippen LogP contribution is -2.58. The molecule has 0 radical (unpaired) electrons. The van der Waals surface area contributed by atoms with E-state index in [1.807, 2.05) is 0 Å². The van der Waals surface area contributed by atoms with Crippen molar-refractivity contribution >= 4 is 22.6 Å². The van der Waals surface area contributed by atoms with Gasteiger partial charge in [-0.1, -0.05) is 68.0 Å². The molecule has 2 bridgehead atoms. The first-order chi connectivity index (χ1) is 9.68. The predicted molar refractivity (Wildman–Crippen MR) is 89.1 cm³/mol. The topological polar surface area (TPSA) is 27.7 Å². The summed E-state index contributed by atoms with van der Waals surface area (Å²) in [5.41, 5.74) is 0.0830. The smallest absolute Gasteiger partial charge is 0.282 e. The van der Waals surface area contributed by atoms with Crippen molar-refractivity contribution < 1.29 is 14.2 Å². The third-order valence-electron chi connectivity index (χ3n) is 4.29. The second kappa shape index (κ2) is 8.30. The Labute approximate surface area is 137 Å². The Morgan fingerprint density at radius 3 is 1.70 bits per heavy atom. The lowest BCUT2D eigenvalue weighted by molar-refractivity contribution is -0.467. The minimum atomic E-state index is -0.696. The van der Waals surface area contributed by atoms with Gasteiger partial charge in [0.05, 0.1) is 19.8 Å². The van der Waals surface area contributed by atoms with Crippen LogP contribution in [-0.4, -0.2) is 30.2 Å². The molecular formula is C16H29IO3. The van der Waals surface area contributed by atoms with E-state index >= 15 is 0 Å². The maximum Gasteiger partial charge on any atom is 0.282 e. The van der Waals surface area contributed by atoms with Gasteiger partial charge in [0.15, 0.2) is 0 Å². The van der Waals surface area contributed by atoms with Gasteiger partial charge in [0.2, 0.25) is 0 Å². The fourth-order valence-electron chi connectivity index (χ4n) is 2.82. The fraction of sp³-hybridized carbons (Fsp3) is 1.00. The molecule has 0 aromatic heterocycles. The van der Waals surface area contributed by atoms with Crippen LogP contribution in [0.25, 0.3) is 0 Å². The van der Waals surface area contributed by atoms with Crippen molar-refractivity contribution in [3.63, 3.8) is 0 Å². The number of rotatable bonds is 10. The van der Waals surface area contributed by atoms with Crippen molar-refractivity contribution in [2.24, 2.45) is 5.41 Å². The van der Waals surface area contributed by atoms with Crippen molar-refractivity contribution in [2.75, 3.05) is 24.2 Å². The number of halogens is 1. The summed E-state index contributed by atoms with van der Waals surface area (Å²) in [6.45, 7) is 4.51. The van der Waals surface area contributed by atoms with Gasteiger partial charge in [-0.15, -0.1) is 0 Å². The first-order valence-electron chi connectivity index (χ1n) is 8.16. The monoisotopic (exact) mass is 396 g/mol. The quantitative estimate of drug-likeness (QED) is 0.305. The molecule has 118 valence electrons. The van der Waals surface area contributed by atoms with E-state index in [2.05, 4.69) is 29.5 Å². The van der Waals surface area contributed by atoms with Crippen LogP contribution in [0.5, 0.6) is 0 Å². The molecule has 0 spiro atoms. The molecular weight excluding hydrogens is 367 g/mol. The number of hydrogen-bond donors (Lipinski definition) is 0. The highest BCUT2D eigenvalue weighted by Gasteiger charge is 2.49. The van der Waals surface area contributed by atoms with Gasteiger partial charge in [0, 0.05) is 11.8 Å². The highest BCUT2D eigenvalue weighted by Crippen LogP contribution is 2.40. The van der Waals surface area contributed by atoms with Gasteiger partial charge in [0.1, 0.15) is 0 Å². The van der Waals surface area contributed by atoms with Gasteiger partial charge in [-0.05, 0) is 17.3 Å². The van der Waals surface area contributed by atoms with Crippen LogP contribution in [0.4, 0.5) is 0 Å². The van der Waals surface area contributed by atoms with Gasteiger partial charge in [0.25, 0.3) is 5.97 Å². The van der Waals surface area contributed by atoms with Crippen molar-refractivity contribution in [2.45, 2.75) is 70.7 Å². The molecule has 0 N–H and O–H groups in total. The zero-order chi connectivity index (χ0) is 14.3. The number of unbranched alkanes of at least 4 members (excludes halogenated alkanes) is 7. The summed E-state index contributed by atoms with van der Waals surface area (Å²) in [5, 5.41) is 0. The van der Waals surface area contributed by atoms with Gasteiger partial charge in [-0.25, -0.2) is 0 Å². The molecule has 3 aliphatic heterocycles. The highest BCUT2D eigenvalue weighted by molar-refractivity contribution is 14.1. The van der Waals surface area contributed by atoms with E-state index in [-0.39, 0.29) is 5.41 Å². The van der Waals surface area contributed by atoms with Crippen molar-refractivity contribution in [3.8, 4) is 0 Å². The fourth-order valence-corrected chi connectivity index (χ4v) is 3.36. The molecule has 0 aromatic rings. The van der Waals surface area contributed by atoms with Gasteiger partial charge in [-0.2, -0.15) is 0 Å². The minimum Gasteiger partial charge on any atom is -0.327 e. The first-order valence-corrected chi connectivity index (χ1v) is 9.69. The van der Waals surface area contributed by atoms with Crippen LogP contribution in [0.1, 0.15) is 64.7 Å². The average Bonchev–Trinajstić information content (AvgIpc) is 2.47. The summed E-state index contributed by atoms with van der Waals surface area (Å²) in [6.07, 6.45) is 11.6. The zero-order valence-corrected chi connectivity index (χ0v) is 15.0. The number of fused-ring (bicyclic) bond motifs is 3. The summed E-state index contributed by atoms with van der Waals surface area (Å²) in [4.78, 5) is 0. The van der Waals surface area contributed by atoms with E-state index in [9.17, 15) is 0 Å². The average molecular weight is 396 g/mol. The zero-order valence-electron chi connectivity index (χ0n) is 12.8. The Balaban J connectivity index is 1.47. The van der Waals surface area contributed by atoms with Crippen LogP contribution in [0.3, 0.4) is 0 Å². The summed E-state index contributed by atoms with van der Waals surface area (Å²) < 4.78 is 18.7. The predicted octanol–water partition coefficient (Wildman–Crippen LogP) is 4.67. The second-order valence-corrected chi connectivity index (χ2v) is 7.71. The van der Waals surface area contributed by atoms with Gasteiger partial charge >= 0.3 is 0 Å². The molecule has 4 heteroatoms. The summed E-state index contributed by atoms with van der Waals surface area (Å²) in [6, 6.07) is 0. The Bertz CT molecular complexity index is 258. The number of hydrogen-bond acceptors (Lipinski definition) is 3. The van der Waals surface area contributed by atoms with E-state index in [1.165, 1.54) is 49.4 Å². The summed E-state index contributed by atoms with van der Waals surface area (Å²) >= 11 is 2.46. The molecule has 3 aliphatic rings. The molecule has 0 saturated carbocycles. The molecule has 0 aromatic carbocycles. The second-order valence-electron chi connectivity index (χ2n) is 6.63. The minimum absolute atomic E-state index is 0.0830. The highest BCUT2D eigenvalue weighted by atomic mass is 127. The molecule has 0 amide bonds. The Hall–Kier alpha value is 0.610. The van der Waals surface area contributed by atoms with Gasteiger partial charge < -0.3 is 14.2 Å². The van der Waals surface area contributed by atoms with Crippen LogP contribution in [0.2, 0.25) is 0 Å². The summed E-state index contributed by atoms with van der Waals surface area (Å²) in [5.74, 6) is -0.696. The number of alkyl halides is 1. The Morgan fingerprint density at radius 1 is 0.750 bits per heavy atom. The molecule has 3 heterocycles. The standard InChI is InChI=1S/C16H29IO3/c1-15-12-18-16(19-13-15,20-14-15)10-8-6-4-2-3-5-7-9-11-17/h2-14H2,1H3. The Kier molecular flexibility index (Phi) is 7.04. The van der Waals surface area contributed by atoms with Crippen molar-refractivity contribution in [3.05, 3.63) is 0 Å².